The van der Waals surface area contributed by atoms with Crippen LogP contribution in [0.25, 0.3) is 0 Å². The van der Waals surface area contributed by atoms with Crippen LogP contribution in [0.1, 0.15) is 37.4 Å². The van der Waals surface area contributed by atoms with Crippen LogP contribution < -0.4 is 5.32 Å². The largest absolute Gasteiger partial charge is 0.307 e. The Morgan fingerprint density at radius 3 is 2.44 bits per heavy atom. The van der Waals surface area contributed by atoms with E-state index in [1.165, 1.54) is 9.75 Å². The summed E-state index contributed by atoms with van der Waals surface area (Å²) in [7, 11) is 2.16. The first-order valence-electron chi connectivity index (χ1n) is 5.92. The van der Waals surface area contributed by atoms with Gasteiger partial charge in [0.2, 0.25) is 0 Å². The van der Waals surface area contributed by atoms with Gasteiger partial charge in [-0.05, 0) is 46.5 Å². The Morgan fingerprint density at radius 2 is 1.88 bits per heavy atom. The Morgan fingerprint density at radius 1 is 1.25 bits per heavy atom. The van der Waals surface area contributed by atoms with Crippen LogP contribution in [0.2, 0.25) is 0 Å². The molecule has 0 aliphatic heterocycles. The molecule has 0 aromatic carbocycles. The van der Waals surface area contributed by atoms with E-state index in [1.807, 2.05) is 11.3 Å². The highest BCUT2D eigenvalue weighted by Gasteiger charge is 2.09. The smallest absolute Gasteiger partial charge is 0.0324 e. The maximum absolute atomic E-state index is 3.52. The highest BCUT2D eigenvalue weighted by atomic mass is 32.1. The van der Waals surface area contributed by atoms with Gasteiger partial charge in [-0.2, -0.15) is 0 Å². The minimum atomic E-state index is 0.199. The average molecular weight is 240 g/mol. The maximum atomic E-state index is 3.52. The molecular formula is C13H24N2S. The van der Waals surface area contributed by atoms with E-state index in [4.69, 9.17) is 0 Å². The van der Waals surface area contributed by atoms with Crippen LogP contribution in [0.15, 0.2) is 12.1 Å². The zero-order valence-corrected chi connectivity index (χ0v) is 11.9. The molecule has 0 atom stereocenters. The Balaban J connectivity index is 2.45. The van der Waals surface area contributed by atoms with Gasteiger partial charge in [-0.25, -0.2) is 0 Å². The zero-order chi connectivity index (χ0) is 12.2. The summed E-state index contributed by atoms with van der Waals surface area (Å²) in [5, 5.41) is 3.52. The highest BCUT2D eigenvalue weighted by Crippen LogP contribution is 2.18. The summed E-state index contributed by atoms with van der Waals surface area (Å²) in [5.74, 6) is 0. The van der Waals surface area contributed by atoms with Crippen molar-refractivity contribution in [3.63, 3.8) is 0 Å². The lowest BCUT2D eigenvalue weighted by molar-refractivity contribution is 0.349. The fourth-order valence-electron chi connectivity index (χ4n) is 1.33. The third-order valence-corrected chi connectivity index (χ3v) is 3.55. The molecule has 2 nitrogen and oxygen atoms in total. The van der Waals surface area contributed by atoms with E-state index in [9.17, 15) is 0 Å². The van der Waals surface area contributed by atoms with Gasteiger partial charge in [0.05, 0.1) is 0 Å². The first-order valence-corrected chi connectivity index (χ1v) is 6.73. The third-order valence-electron chi connectivity index (χ3n) is 2.48. The predicted octanol–water partition coefficient (Wildman–Crippen LogP) is 3.09. The Bertz CT molecular complexity index is 312. The highest BCUT2D eigenvalue weighted by molar-refractivity contribution is 7.11. The molecular weight excluding hydrogens is 216 g/mol. The number of hydrogen-bond donors (Lipinski definition) is 1. The normalized spacial score (nSPS) is 12.4. The summed E-state index contributed by atoms with van der Waals surface area (Å²) >= 11 is 1.91. The van der Waals surface area contributed by atoms with E-state index in [2.05, 4.69) is 57.1 Å². The molecule has 0 aliphatic rings. The van der Waals surface area contributed by atoms with Gasteiger partial charge in [0.25, 0.3) is 0 Å². The van der Waals surface area contributed by atoms with Crippen molar-refractivity contribution in [1.29, 1.82) is 0 Å². The van der Waals surface area contributed by atoms with Crippen molar-refractivity contribution in [2.45, 2.75) is 46.3 Å². The molecule has 3 heteroatoms. The van der Waals surface area contributed by atoms with E-state index in [0.29, 0.717) is 0 Å². The fourth-order valence-corrected chi connectivity index (χ4v) is 2.37. The standard InChI is InChI=1S/C13H24N2S/c1-6-15(5)10-12-8-7-11(16-12)9-14-13(2,3)4/h7-8,14H,6,9-10H2,1-5H3. The third kappa shape index (κ3) is 5.10. The van der Waals surface area contributed by atoms with Gasteiger partial charge < -0.3 is 10.2 Å². The molecule has 0 fully saturated rings. The first-order chi connectivity index (χ1) is 7.40. The summed E-state index contributed by atoms with van der Waals surface area (Å²) in [6.45, 7) is 11.9. The average Bonchev–Trinajstić information content (AvgIpc) is 2.61. The molecule has 0 saturated carbocycles. The predicted molar refractivity (Wildman–Crippen MR) is 72.9 cm³/mol. The monoisotopic (exact) mass is 240 g/mol. The van der Waals surface area contributed by atoms with Crippen LogP contribution in [0, 0.1) is 0 Å². The van der Waals surface area contributed by atoms with E-state index in [0.717, 1.165) is 19.6 Å². The minimum Gasteiger partial charge on any atom is -0.307 e. The Hall–Kier alpha value is -0.380. The molecule has 1 heterocycles. The van der Waals surface area contributed by atoms with Crippen molar-refractivity contribution in [2.24, 2.45) is 0 Å². The van der Waals surface area contributed by atoms with Gasteiger partial charge in [-0.3, -0.25) is 0 Å². The van der Waals surface area contributed by atoms with Crippen LogP contribution in [-0.2, 0) is 13.1 Å². The lowest BCUT2D eigenvalue weighted by Gasteiger charge is -2.19. The summed E-state index contributed by atoms with van der Waals surface area (Å²) in [6.07, 6.45) is 0. The first kappa shape index (κ1) is 13.7. The second-order valence-corrected chi connectivity index (χ2v) is 6.55. The Labute approximate surface area is 104 Å². The van der Waals surface area contributed by atoms with Crippen LogP contribution in [0.4, 0.5) is 0 Å². The number of nitrogens with zero attached hydrogens (tertiary/aromatic N) is 1. The number of rotatable bonds is 5. The summed E-state index contributed by atoms with van der Waals surface area (Å²) in [4.78, 5) is 5.21. The van der Waals surface area contributed by atoms with Crippen molar-refractivity contribution < 1.29 is 0 Å². The molecule has 1 N–H and O–H groups in total. The molecule has 0 amide bonds. The topological polar surface area (TPSA) is 15.3 Å². The number of thiophene rings is 1. The van der Waals surface area contributed by atoms with Crippen molar-refractivity contribution in [3.05, 3.63) is 21.9 Å². The van der Waals surface area contributed by atoms with Gasteiger partial charge in [0.1, 0.15) is 0 Å². The lowest BCUT2D eigenvalue weighted by atomic mass is 10.1. The van der Waals surface area contributed by atoms with E-state index in [1.54, 1.807) is 0 Å². The molecule has 1 aromatic rings. The van der Waals surface area contributed by atoms with Crippen molar-refractivity contribution in [2.75, 3.05) is 13.6 Å². The number of nitrogens with one attached hydrogen (secondary N) is 1. The molecule has 1 aromatic heterocycles. The lowest BCUT2D eigenvalue weighted by Crippen LogP contribution is -2.34. The Kier molecular flexibility index (Phi) is 4.96. The molecule has 1 rings (SSSR count). The second kappa shape index (κ2) is 5.80. The summed E-state index contributed by atoms with van der Waals surface area (Å²) in [5.41, 5.74) is 0.199. The second-order valence-electron chi connectivity index (χ2n) is 5.30. The van der Waals surface area contributed by atoms with Gasteiger partial charge in [0.15, 0.2) is 0 Å². The van der Waals surface area contributed by atoms with Gasteiger partial charge in [-0.15, -0.1) is 11.3 Å². The van der Waals surface area contributed by atoms with Gasteiger partial charge in [0, 0.05) is 28.4 Å². The van der Waals surface area contributed by atoms with Crippen LogP contribution in [-0.4, -0.2) is 24.0 Å². The molecule has 0 unspecified atom stereocenters. The van der Waals surface area contributed by atoms with Gasteiger partial charge >= 0.3 is 0 Å². The molecule has 0 spiro atoms. The van der Waals surface area contributed by atoms with E-state index >= 15 is 0 Å². The van der Waals surface area contributed by atoms with Gasteiger partial charge in [-0.1, -0.05) is 6.92 Å². The molecule has 0 radical (unpaired) electrons. The quantitative estimate of drug-likeness (QED) is 0.851. The number of hydrogen-bond acceptors (Lipinski definition) is 3. The SMILES string of the molecule is CCN(C)Cc1ccc(CNC(C)(C)C)s1. The zero-order valence-electron chi connectivity index (χ0n) is 11.1. The maximum Gasteiger partial charge on any atom is 0.0324 e. The molecule has 0 saturated heterocycles. The molecule has 0 bridgehead atoms. The van der Waals surface area contributed by atoms with E-state index < -0.39 is 0 Å². The summed E-state index contributed by atoms with van der Waals surface area (Å²) in [6, 6.07) is 4.48. The summed E-state index contributed by atoms with van der Waals surface area (Å²) < 4.78 is 0. The molecule has 16 heavy (non-hydrogen) atoms. The fraction of sp³-hybridized carbons (Fsp3) is 0.692. The van der Waals surface area contributed by atoms with Crippen LogP contribution >= 0.6 is 11.3 Å². The molecule has 92 valence electrons. The van der Waals surface area contributed by atoms with Crippen molar-refractivity contribution >= 4 is 11.3 Å². The van der Waals surface area contributed by atoms with Crippen LogP contribution in [0.5, 0.6) is 0 Å². The van der Waals surface area contributed by atoms with Crippen LogP contribution in [0.3, 0.4) is 0 Å². The van der Waals surface area contributed by atoms with E-state index in [-0.39, 0.29) is 5.54 Å². The molecule has 0 aliphatic carbocycles. The van der Waals surface area contributed by atoms with Crippen molar-refractivity contribution in [1.82, 2.24) is 10.2 Å². The minimum absolute atomic E-state index is 0.199. The van der Waals surface area contributed by atoms with Crippen molar-refractivity contribution in [3.8, 4) is 0 Å².